The third-order valence-corrected chi connectivity index (χ3v) is 10.5. The van der Waals surface area contributed by atoms with Crippen molar-refractivity contribution in [3.05, 3.63) is 0 Å². The number of amides is 3. The second kappa shape index (κ2) is 8.77. The van der Waals surface area contributed by atoms with E-state index in [0.29, 0.717) is 25.8 Å². The van der Waals surface area contributed by atoms with Crippen molar-refractivity contribution in [2.75, 3.05) is 26.0 Å². The molecule has 9 nitrogen and oxygen atoms in total. The fourth-order valence-corrected chi connectivity index (χ4v) is 7.97. The number of nitrogens with zero attached hydrogens (tertiary/aromatic N) is 2. The van der Waals surface area contributed by atoms with Gasteiger partial charge in [0.25, 0.3) is 0 Å². The molecule has 0 aromatic carbocycles. The maximum Gasteiger partial charge on any atom is 0.327 e. The quantitative estimate of drug-likeness (QED) is 0.561. The van der Waals surface area contributed by atoms with Gasteiger partial charge in [0.1, 0.15) is 0 Å². The molecule has 4 fully saturated rings. The van der Waals surface area contributed by atoms with E-state index in [0.717, 1.165) is 12.8 Å². The molecule has 2 saturated heterocycles. The molecular weight excluding hydrogens is 446 g/mol. The van der Waals surface area contributed by atoms with E-state index in [-0.39, 0.29) is 54.3 Å². The molecule has 188 valence electrons. The van der Waals surface area contributed by atoms with Crippen molar-refractivity contribution in [3.8, 4) is 0 Å². The summed E-state index contributed by atoms with van der Waals surface area (Å²) in [4.78, 5) is 35.7. The average Bonchev–Trinajstić information content (AvgIpc) is 3.31. The van der Waals surface area contributed by atoms with E-state index in [9.17, 15) is 18.0 Å². The van der Waals surface area contributed by atoms with Gasteiger partial charge in [-0.25, -0.2) is 13.2 Å². The van der Waals surface area contributed by atoms with E-state index >= 15 is 0 Å². The van der Waals surface area contributed by atoms with Crippen LogP contribution in [0.25, 0.3) is 0 Å². The van der Waals surface area contributed by atoms with E-state index in [4.69, 9.17) is 9.57 Å². The molecule has 2 saturated carbocycles. The largest absolute Gasteiger partial charge is 0.377 e. The van der Waals surface area contributed by atoms with Crippen LogP contribution in [0.4, 0.5) is 4.79 Å². The maximum absolute atomic E-state index is 13.6. The number of carbonyl (C=O) groups is 2. The third-order valence-electron chi connectivity index (χ3n) is 7.93. The van der Waals surface area contributed by atoms with Crippen LogP contribution in [-0.2, 0) is 24.2 Å². The zero-order valence-corrected chi connectivity index (χ0v) is 21.3. The van der Waals surface area contributed by atoms with Crippen molar-refractivity contribution in [2.45, 2.75) is 95.3 Å². The van der Waals surface area contributed by atoms with E-state index in [1.165, 1.54) is 4.90 Å². The first kappa shape index (κ1) is 24.9. The number of imide groups is 1. The van der Waals surface area contributed by atoms with Gasteiger partial charge in [-0.2, -0.15) is 5.48 Å². The highest BCUT2D eigenvalue weighted by Gasteiger charge is 2.53. The summed E-state index contributed by atoms with van der Waals surface area (Å²) >= 11 is 0. The summed E-state index contributed by atoms with van der Waals surface area (Å²) < 4.78 is 32.0. The SMILES string of the molecule is COC(C)(C)CN1C(=O)N(CC2CC(C)NO2)C(=O)C2CC(S(=O)(=O)CC3(C)CC3)CCC21. The van der Waals surface area contributed by atoms with Gasteiger partial charge in [0.05, 0.1) is 41.7 Å². The number of hydroxylamine groups is 1. The zero-order chi connectivity index (χ0) is 24.2. The monoisotopic (exact) mass is 485 g/mol. The van der Waals surface area contributed by atoms with Gasteiger partial charge in [-0.3, -0.25) is 14.5 Å². The molecule has 0 bridgehead atoms. The van der Waals surface area contributed by atoms with Crippen molar-refractivity contribution in [3.63, 3.8) is 0 Å². The van der Waals surface area contributed by atoms with Crippen LogP contribution in [0.15, 0.2) is 0 Å². The van der Waals surface area contributed by atoms with Crippen LogP contribution in [0, 0.1) is 11.3 Å². The number of methoxy groups -OCH3 is 1. The molecule has 2 aliphatic carbocycles. The van der Waals surface area contributed by atoms with Gasteiger partial charge in [0.15, 0.2) is 9.84 Å². The average molecular weight is 486 g/mol. The summed E-state index contributed by atoms with van der Waals surface area (Å²) in [5, 5.41) is -0.531. The van der Waals surface area contributed by atoms with Crippen molar-refractivity contribution in [1.29, 1.82) is 0 Å². The summed E-state index contributed by atoms with van der Waals surface area (Å²) in [5.41, 5.74) is 2.20. The number of urea groups is 1. The van der Waals surface area contributed by atoms with Gasteiger partial charge in [0, 0.05) is 19.2 Å². The molecule has 10 heteroatoms. The van der Waals surface area contributed by atoms with Gasteiger partial charge in [-0.15, -0.1) is 0 Å². The van der Waals surface area contributed by atoms with Crippen LogP contribution < -0.4 is 5.48 Å². The predicted octanol–water partition coefficient (Wildman–Crippen LogP) is 2.11. The highest BCUT2D eigenvalue weighted by molar-refractivity contribution is 7.92. The minimum absolute atomic E-state index is 0.105. The molecular formula is C23H39N3O6S. The summed E-state index contributed by atoms with van der Waals surface area (Å²) in [6.07, 6.45) is 3.58. The first-order valence-electron chi connectivity index (χ1n) is 12.1. The van der Waals surface area contributed by atoms with Crippen LogP contribution >= 0.6 is 0 Å². The highest BCUT2D eigenvalue weighted by atomic mass is 32.2. The van der Waals surface area contributed by atoms with Crippen molar-refractivity contribution in [2.24, 2.45) is 11.3 Å². The van der Waals surface area contributed by atoms with Gasteiger partial charge >= 0.3 is 6.03 Å². The Morgan fingerprint density at radius 3 is 2.48 bits per heavy atom. The molecule has 4 aliphatic rings. The Bertz CT molecular complexity index is 887. The van der Waals surface area contributed by atoms with Gasteiger partial charge in [0.2, 0.25) is 5.91 Å². The van der Waals surface area contributed by atoms with Crippen LogP contribution in [0.5, 0.6) is 0 Å². The number of hydrogen-bond acceptors (Lipinski definition) is 7. The number of carbonyl (C=O) groups excluding carboxylic acids is 2. The van der Waals surface area contributed by atoms with E-state index in [1.807, 2.05) is 27.7 Å². The molecule has 0 spiro atoms. The number of ether oxygens (including phenoxy) is 1. The fraction of sp³-hybridized carbons (Fsp3) is 0.913. The standard InChI is InChI=1S/C23H39N3O6S/c1-15-10-16(32-24-15)12-25-20(27)18-11-17(33(29,30)14-23(4)8-9-23)6-7-19(18)26(21(25)28)13-22(2,3)31-5/h15-19,24H,6-14H2,1-5H3. The van der Waals surface area contributed by atoms with Crippen LogP contribution in [0.1, 0.15) is 66.2 Å². The molecule has 4 rings (SSSR count). The molecule has 33 heavy (non-hydrogen) atoms. The van der Waals surface area contributed by atoms with Crippen molar-refractivity contribution >= 4 is 21.8 Å². The number of nitrogens with one attached hydrogen (secondary N) is 1. The Balaban J connectivity index is 1.57. The molecule has 0 aromatic heterocycles. The minimum Gasteiger partial charge on any atom is -0.377 e. The van der Waals surface area contributed by atoms with Crippen molar-refractivity contribution in [1.82, 2.24) is 15.3 Å². The molecule has 3 amide bonds. The number of fused-ring (bicyclic) bond motifs is 1. The predicted molar refractivity (Wildman–Crippen MR) is 123 cm³/mol. The van der Waals surface area contributed by atoms with Crippen LogP contribution in [0.3, 0.4) is 0 Å². The lowest BCUT2D eigenvalue weighted by molar-refractivity contribution is -0.144. The lowest BCUT2D eigenvalue weighted by atomic mass is 9.80. The smallest absolute Gasteiger partial charge is 0.327 e. The van der Waals surface area contributed by atoms with Crippen LogP contribution in [-0.4, -0.2) is 85.1 Å². The lowest BCUT2D eigenvalue weighted by Gasteiger charge is -2.50. The number of sulfone groups is 1. The Morgan fingerprint density at radius 2 is 1.91 bits per heavy atom. The number of hydrogen-bond donors (Lipinski definition) is 1. The van der Waals surface area contributed by atoms with E-state index in [1.54, 1.807) is 12.0 Å². The summed E-state index contributed by atoms with van der Waals surface area (Å²) in [7, 11) is -1.70. The molecule has 0 aromatic rings. The molecule has 0 radical (unpaired) electrons. The Labute approximate surface area is 197 Å². The second-order valence-corrected chi connectivity index (χ2v) is 13.8. The van der Waals surface area contributed by atoms with Gasteiger partial charge < -0.3 is 9.64 Å². The molecule has 5 atom stereocenters. The first-order chi connectivity index (χ1) is 15.3. The Kier molecular flexibility index (Phi) is 6.61. The van der Waals surface area contributed by atoms with E-state index in [2.05, 4.69) is 5.48 Å². The Morgan fingerprint density at radius 1 is 1.21 bits per heavy atom. The van der Waals surface area contributed by atoms with Gasteiger partial charge in [-0.1, -0.05) is 6.92 Å². The normalized spacial score (nSPS) is 34.5. The topological polar surface area (TPSA) is 105 Å². The first-order valence-corrected chi connectivity index (χ1v) is 13.9. The highest BCUT2D eigenvalue weighted by Crippen LogP contribution is 2.48. The number of rotatable bonds is 8. The maximum atomic E-state index is 13.6. The summed E-state index contributed by atoms with van der Waals surface area (Å²) in [6.45, 7) is 8.33. The van der Waals surface area contributed by atoms with Crippen LogP contribution in [0.2, 0.25) is 0 Å². The minimum atomic E-state index is -3.30. The van der Waals surface area contributed by atoms with Crippen molar-refractivity contribution < 1.29 is 27.6 Å². The lowest BCUT2D eigenvalue weighted by Crippen LogP contribution is -2.66. The molecule has 1 N–H and O–H groups in total. The molecule has 2 heterocycles. The molecule has 5 unspecified atom stereocenters. The third kappa shape index (κ3) is 5.23. The summed E-state index contributed by atoms with van der Waals surface area (Å²) in [6, 6.07) is -0.490. The molecule has 2 aliphatic heterocycles. The summed E-state index contributed by atoms with van der Waals surface area (Å²) in [5.74, 6) is -0.599. The Hall–Kier alpha value is -1.23. The fourth-order valence-electron chi connectivity index (χ4n) is 5.48. The van der Waals surface area contributed by atoms with E-state index < -0.39 is 26.6 Å². The second-order valence-electron chi connectivity index (χ2n) is 11.5. The zero-order valence-electron chi connectivity index (χ0n) is 20.5. The van der Waals surface area contributed by atoms with Gasteiger partial charge in [-0.05, 0) is 64.7 Å².